The monoisotopic (exact) mass is 393 g/mol. The van der Waals surface area contributed by atoms with E-state index in [1.165, 1.54) is 6.42 Å². The van der Waals surface area contributed by atoms with Crippen molar-refractivity contribution in [2.45, 2.75) is 47.5 Å². The van der Waals surface area contributed by atoms with E-state index in [2.05, 4.69) is 48.7 Å². The first-order valence-corrected chi connectivity index (χ1v) is 7.93. The van der Waals surface area contributed by atoms with Crippen LogP contribution in [-0.4, -0.2) is 37.5 Å². The summed E-state index contributed by atoms with van der Waals surface area (Å²) in [5, 5.41) is 0. The Kier molecular flexibility index (Phi) is 5.09. The maximum Gasteiger partial charge on any atom is 0.143 e. The molecule has 2 saturated carbocycles. The largest absolute Gasteiger partial charge is 1.00 e. The molecule has 0 N–H and O–H groups in total. The van der Waals surface area contributed by atoms with Crippen LogP contribution in [0.3, 0.4) is 0 Å². The van der Waals surface area contributed by atoms with Crippen molar-refractivity contribution in [1.29, 1.82) is 0 Å². The molecule has 0 aliphatic heterocycles. The average molecular weight is 393 g/mol. The predicted octanol–water partition coefficient (Wildman–Crippen LogP) is 0.364. The third kappa shape index (κ3) is 2.47. The van der Waals surface area contributed by atoms with Gasteiger partial charge in [-0.15, -0.1) is 0 Å². The standard InChI is InChI=1S/C17H32NO.HI/c1-8-18(6,7)11-12(2)14-13-9-10-17(5,15(14)19)16(13,3)4;/h12-14H,8-11H2,1-7H3;1H/q+1;/p-1/t12?,13?,14?,17-;/m0./s1. The number of ketones is 1. The van der Waals surface area contributed by atoms with Crippen molar-refractivity contribution in [3.05, 3.63) is 0 Å². The van der Waals surface area contributed by atoms with Gasteiger partial charge in [0.05, 0.1) is 27.2 Å². The summed E-state index contributed by atoms with van der Waals surface area (Å²) in [6.07, 6.45) is 2.36. The molecule has 2 bridgehead atoms. The molecule has 0 spiro atoms. The number of rotatable bonds is 4. The van der Waals surface area contributed by atoms with E-state index in [4.69, 9.17) is 0 Å². The third-order valence-electron chi connectivity index (χ3n) is 6.84. The SMILES string of the molecule is CC[N+](C)(C)CC(C)C1C(=O)[C@]2(C)CCC1C2(C)C.[I-]. The highest BCUT2D eigenvalue weighted by Gasteiger charge is 2.67. The third-order valence-corrected chi connectivity index (χ3v) is 6.84. The summed E-state index contributed by atoms with van der Waals surface area (Å²) in [7, 11) is 4.56. The highest BCUT2D eigenvalue weighted by molar-refractivity contribution is 5.91. The van der Waals surface area contributed by atoms with Gasteiger partial charge < -0.3 is 28.5 Å². The van der Waals surface area contributed by atoms with Crippen molar-refractivity contribution in [2.75, 3.05) is 27.2 Å². The topological polar surface area (TPSA) is 17.1 Å². The molecule has 2 fully saturated rings. The van der Waals surface area contributed by atoms with Crippen molar-refractivity contribution >= 4 is 5.78 Å². The van der Waals surface area contributed by atoms with E-state index < -0.39 is 0 Å². The van der Waals surface area contributed by atoms with Crippen LogP contribution in [0.25, 0.3) is 0 Å². The van der Waals surface area contributed by atoms with Crippen LogP contribution in [0.1, 0.15) is 47.5 Å². The van der Waals surface area contributed by atoms with Crippen LogP contribution in [0.15, 0.2) is 0 Å². The lowest BCUT2D eigenvalue weighted by Gasteiger charge is -2.36. The van der Waals surface area contributed by atoms with Gasteiger partial charge >= 0.3 is 0 Å². The fraction of sp³-hybridized carbons (Fsp3) is 0.941. The first-order valence-electron chi connectivity index (χ1n) is 7.93. The molecule has 4 atom stereocenters. The van der Waals surface area contributed by atoms with Gasteiger partial charge in [0.25, 0.3) is 0 Å². The molecule has 20 heavy (non-hydrogen) atoms. The summed E-state index contributed by atoms with van der Waals surface area (Å²) in [6.45, 7) is 13.7. The highest BCUT2D eigenvalue weighted by atomic mass is 127. The van der Waals surface area contributed by atoms with Crippen molar-refractivity contribution < 1.29 is 33.3 Å². The molecule has 3 unspecified atom stereocenters. The van der Waals surface area contributed by atoms with E-state index in [-0.39, 0.29) is 34.8 Å². The van der Waals surface area contributed by atoms with Gasteiger partial charge in [0, 0.05) is 17.3 Å². The summed E-state index contributed by atoms with van der Waals surface area (Å²) >= 11 is 0. The van der Waals surface area contributed by atoms with E-state index in [0.717, 1.165) is 24.0 Å². The number of halogens is 1. The minimum Gasteiger partial charge on any atom is -1.00 e. The minimum atomic E-state index is -0.0556. The molecule has 0 saturated heterocycles. The molecule has 0 aromatic rings. The quantitative estimate of drug-likeness (QED) is 0.498. The summed E-state index contributed by atoms with van der Waals surface area (Å²) in [6, 6.07) is 0. The highest BCUT2D eigenvalue weighted by Crippen LogP contribution is 2.66. The molecule has 0 amide bonds. The summed E-state index contributed by atoms with van der Waals surface area (Å²) in [5.41, 5.74) is 0.145. The van der Waals surface area contributed by atoms with Gasteiger partial charge in [0.1, 0.15) is 5.78 Å². The van der Waals surface area contributed by atoms with E-state index >= 15 is 0 Å². The number of quaternary nitrogens is 1. The van der Waals surface area contributed by atoms with E-state index in [1.54, 1.807) is 0 Å². The van der Waals surface area contributed by atoms with Gasteiger partial charge in [-0.2, -0.15) is 0 Å². The first-order chi connectivity index (χ1) is 8.57. The lowest BCUT2D eigenvalue weighted by Crippen LogP contribution is -3.00. The van der Waals surface area contributed by atoms with Crippen LogP contribution in [-0.2, 0) is 4.79 Å². The number of hydrogen-bond donors (Lipinski definition) is 0. The van der Waals surface area contributed by atoms with Crippen LogP contribution in [0.2, 0.25) is 0 Å². The average Bonchev–Trinajstić information content (AvgIpc) is 2.60. The van der Waals surface area contributed by atoms with Gasteiger partial charge in [-0.05, 0) is 31.1 Å². The fourth-order valence-electron chi connectivity index (χ4n) is 4.83. The van der Waals surface area contributed by atoms with Crippen molar-refractivity contribution in [3.8, 4) is 0 Å². The van der Waals surface area contributed by atoms with Gasteiger partial charge in [0.15, 0.2) is 0 Å². The maximum absolute atomic E-state index is 12.9. The van der Waals surface area contributed by atoms with Crippen LogP contribution in [0.4, 0.5) is 0 Å². The Morgan fingerprint density at radius 2 is 1.85 bits per heavy atom. The predicted molar refractivity (Wildman–Crippen MR) is 79.8 cm³/mol. The number of carbonyl (C=O) groups excluding carboxylic acids is 1. The van der Waals surface area contributed by atoms with E-state index in [0.29, 0.717) is 23.5 Å². The van der Waals surface area contributed by atoms with Gasteiger partial charge in [-0.1, -0.05) is 27.7 Å². The molecular weight excluding hydrogens is 361 g/mol. The van der Waals surface area contributed by atoms with Crippen LogP contribution < -0.4 is 24.0 Å². The molecular formula is C17H32INO. The lowest BCUT2D eigenvalue weighted by molar-refractivity contribution is -0.892. The zero-order valence-corrected chi connectivity index (χ0v) is 16.5. The van der Waals surface area contributed by atoms with Crippen LogP contribution in [0.5, 0.6) is 0 Å². The van der Waals surface area contributed by atoms with E-state index in [9.17, 15) is 4.79 Å². The van der Waals surface area contributed by atoms with Gasteiger partial charge in [-0.25, -0.2) is 0 Å². The molecule has 2 aliphatic rings. The van der Waals surface area contributed by atoms with Crippen molar-refractivity contribution in [1.82, 2.24) is 0 Å². The number of carbonyl (C=O) groups is 1. The minimum absolute atomic E-state index is 0. The summed E-state index contributed by atoms with van der Waals surface area (Å²) < 4.78 is 1.02. The Labute approximate surface area is 142 Å². The molecule has 2 nitrogen and oxygen atoms in total. The Bertz CT molecular complexity index is 390. The Morgan fingerprint density at radius 3 is 2.25 bits per heavy atom. The second-order valence-electron chi connectivity index (χ2n) is 8.50. The molecule has 0 radical (unpaired) electrons. The maximum atomic E-state index is 12.9. The molecule has 0 heterocycles. The number of nitrogens with zero attached hydrogens (tertiary/aromatic N) is 1. The molecule has 0 aromatic heterocycles. The van der Waals surface area contributed by atoms with Crippen LogP contribution in [0, 0.1) is 28.6 Å². The Morgan fingerprint density at radius 1 is 1.30 bits per heavy atom. The van der Waals surface area contributed by atoms with Crippen molar-refractivity contribution in [3.63, 3.8) is 0 Å². The zero-order chi connectivity index (χ0) is 14.6. The zero-order valence-electron chi connectivity index (χ0n) is 14.3. The van der Waals surface area contributed by atoms with Crippen LogP contribution >= 0.6 is 0 Å². The Balaban J connectivity index is 0.00000200. The molecule has 3 heteroatoms. The molecule has 2 aliphatic carbocycles. The number of hydrogen-bond acceptors (Lipinski definition) is 1. The van der Waals surface area contributed by atoms with Gasteiger partial charge in [0.2, 0.25) is 0 Å². The van der Waals surface area contributed by atoms with Crippen molar-refractivity contribution in [2.24, 2.45) is 28.6 Å². The second-order valence-corrected chi connectivity index (χ2v) is 8.50. The number of fused-ring (bicyclic) bond motifs is 2. The van der Waals surface area contributed by atoms with E-state index in [1.807, 2.05) is 0 Å². The number of Topliss-reactive ketones (excluding diaryl/α,β-unsaturated/α-hetero) is 1. The summed E-state index contributed by atoms with van der Waals surface area (Å²) in [5.74, 6) is 1.99. The summed E-state index contributed by atoms with van der Waals surface area (Å²) in [4.78, 5) is 12.9. The normalized spacial score (nSPS) is 36.9. The molecule has 0 aromatic carbocycles. The first kappa shape index (κ1) is 18.4. The molecule has 2 rings (SSSR count). The second kappa shape index (κ2) is 5.53. The molecule has 118 valence electrons. The fourth-order valence-corrected chi connectivity index (χ4v) is 4.83. The smallest absolute Gasteiger partial charge is 0.143 e. The lowest BCUT2D eigenvalue weighted by atomic mass is 9.70. The Hall–Kier alpha value is 0.360. The van der Waals surface area contributed by atoms with Gasteiger partial charge in [-0.3, -0.25) is 4.79 Å².